The largest absolute Gasteiger partial charge is 0.493 e. The van der Waals surface area contributed by atoms with Crippen molar-refractivity contribution in [2.75, 3.05) is 19.7 Å². The monoisotopic (exact) mass is 296 g/mol. The Hall–Kier alpha value is -1.11. The summed E-state index contributed by atoms with van der Waals surface area (Å²) in [5, 5.41) is 0. The number of rotatable bonds is 3. The first-order valence-corrected chi connectivity index (χ1v) is 8.60. The molecule has 110 valence electrons. The van der Waals surface area contributed by atoms with Gasteiger partial charge in [0.2, 0.25) is 0 Å². The Balaban J connectivity index is 1.78. The third-order valence-corrected chi connectivity index (χ3v) is 5.53. The molecular weight excluding hydrogens is 276 g/mol. The van der Waals surface area contributed by atoms with Gasteiger partial charge in [0.05, 0.1) is 12.6 Å². The topological polar surface area (TPSA) is 58.6 Å². The number of hydrogen-bond acceptors (Lipinski definition) is 3. The van der Waals surface area contributed by atoms with Crippen LogP contribution in [0, 0.1) is 0 Å². The van der Waals surface area contributed by atoms with Crippen molar-refractivity contribution < 1.29 is 13.2 Å². The summed E-state index contributed by atoms with van der Waals surface area (Å²) in [6.45, 7) is 1.80. The van der Waals surface area contributed by atoms with Gasteiger partial charge in [-0.25, -0.2) is 0 Å². The van der Waals surface area contributed by atoms with Gasteiger partial charge in [0, 0.05) is 25.1 Å². The van der Waals surface area contributed by atoms with Gasteiger partial charge < -0.3 is 4.74 Å². The lowest BCUT2D eigenvalue weighted by atomic mass is 10.0. The minimum absolute atomic E-state index is 0.188. The van der Waals surface area contributed by atoms with Gasteiger partial charge in [-0.3, -0.25) is 0 Å². The molecule has 1 saturated heterocycles. The lowest BCUT2D eigenvalue weighted by Gasteiger charge is -2.31. The molecule has 2 aliphatic rings. The molecule has 20 heavy (non-hydrogen) atoms. The average Bonchev–Trinajstić information content (AvgIpc) is 2.48. The highest BCUT2D eigenvalue weighted by molar-refractivity contribution is 7.87. The van der Waals surface area contributed by atoms with Crippen LogP contribution in [-0.2, 0) is 10.2 Å². The lowest BCUT2D eigenvalue weighted by Crippen LogP contribution is -2.45. The van der Waals surface area contributed by atoms with Crippen molar-refractivity contribution in [2.45, 2.75) is 31.7 Å². The molecule has 1 aromatic carbocycles. The summed E-state index contributed by atoms with van der Waals surface area (Å²) in [5.74, 6) is 0.782. The SMILES string of the molecule is O=S(=O)(N[C@@H]1CCOc2ccccc21)N1CCCCC1. The smallest absolute Gasteiger partial charge is 0.280 e. The van der Waals surface area contributed by atoms with E-state index in [9.17, 15) is 8.42 Å². The van der Waals surface area contributed by atoms with E-state index in [0.717, 1.165) is 30.6 Å². The zero-order valence-electron chi connectivity index (χ0n) is 11.4. The number of fused-ring (bicyclic) bond motifs is 1. The molecule has 1 aromatic rings. The summed E-state index contributed by atoms with van der Waals surface area (Å²) in [7, 11) is -3.40. The number of ether oxygens (including phenoxy) is 1. The third kappa shape index (κ3) is 2.82. The van der Waals surface area contributed by atoms with Gasteiger partial charge >= 0.3 is 0 Å². The highest BCUT2D eigenvalue weighted by Crippen LogP contribution is 2.32. The molecule has 0 aromatic heterocycles. The summed E-state index contributed by atoms with van der Waals surface area (Å²) in [4.78, 5) is 0. The minimum Gasteiger partial charge on any atom is -0.493 e. The van der Waals surface area contributed by atoms with E-state index < -0.39 is 10.2 Å². The van der Waals surface area contributed by atoms with Gasteiger partial charge in [-0.1, -0.05) is 24.6 Å². The maximum Gasteiger partial charge on any atom is 0.280 e. The van der Waals surface area contributed by atoms with Crippen LogP contribution in [0.3, 0.4) is 0 Å². The number of nitrogens with zero attached hydrogens (tertiary/aromatic N) is 1. The molecule has 6 heteroatoms. The fourth-order valence-electron chi connectivity index (χ4n) is 2.82. The quantitative estimate of drug-likeness (QED) is 0.926. The van der Waals surface area contributed by atoms with E-state index in [2.05, 4.69) is 4.72 Å². The van der Waals surface area contributed by atoms with Gasteiger partial charge in [-0.2, -0.15) is 17.4 Å². The summed E-state index contributed by atoms with van der Waals surface area (Å²) >= 11 is 0. The summed E-state index contributed by atoms with van der Waals surface area (Å²) in [6, 6.07) is 7.44. The molecular formula is C14H20N2O3S. The first kappa shape index (κ1) is 13.9. The van der Waals surface area contributed by atoms with Crippen molar-refractivity contribution in [1.82, 2.24) is 9.03 Å². The van der Waals surface area contributed by atoms with E-state index in [4.69, 9.17) is 4.74 Å². The molecule has 0 amide bonds. The molecule has 2 heterocycles. The van der Waals surface area contributed by atoms with Gasteiger partial charge in [-0.15, -0.1) is 0 Å². The average molecular weight is 296 g/mol. The molecule has 0 spiro atoms. The van der Waals surface area contributed by atoms with E-state index in [0.29, 0.717) is 26.1 Å². The predicted octanol–water partition coefficient (Wildman–Crippen LogP) is 1.83. The molecule has 2 aliphatic heterocycles. The molecule has 0 radical (unpaired) electrons. The van der Waals surface area contributed by atoms with Gasteiger partial charge in [0.1, 0.15) is 5.75 Å². The number of nitrogens with one attached hydrogen (secondary N) is 1. The van der Waals surface area contributed by atoms with Crippen LogP contribution in [0.25, 0.3) is 0 Å². The molecule has 1 fully saturated rings. The molecule has 5 nitrogen and oxygen atoms in total. The van der Waals surface area contributed by atoms with Crippen LogP contribution >= 0.6 is 0 Å². The molecule has 0 bridgehead atoms. The van der Waals surface area contributed by atoms with E-state index in [1.807, 2.05) is 24.3 Å². The second-order valence-corrected chi connectivity index (χ2v) is 7.01. The van der Waals surface area contributed by atoms with Crippen LogP contribution in [-0.4, -0.2) is 32.4 Å². The molecule has 1 atom stereocenters. The van der Waals surface area contributed by atoms with E-state index in [-0.39, 0.29) is 6.04 Å². The highest BCUT2D eigenvalue weighted by Gasteiger charge is 2.30. The van der Waals surface area contributed by atoms with Crippen LogP contribution in [0.5, 0.6) is 5.75 Å². The highest BCUT2D eigenvalue weighted by atomic mass is 32.2. The van der Waals surface area contributed by atoms with Crippen molar-refractivity contribution >= 4 is 10.2 Å². The molecule has 0 unspecified atom stereocenters. The number of benzene rings is 1. The number of para-hydroxylation sites is 1. The third-order valence-electron chi connectivity index (χ3n) is 3.90. The molecule has 1 N–H and O–H groups in total. The summed E-state index contributed by atoms with van der Waals surface area (Å²) in [5.41, 5.74) is 0.930. The van der Waals surface area contributed by atoms with Crippen molar-refractivity contribution in [2.24, 2.45) is 0 Å². The van der Waals surface area contributed by atoms with Gasteiger partial charge in [-0.05, 0) is 18.9 Å². The summed E-state index contributed by atoms with van der Waals surface area (Å²) in [6.07, 6.45) is 3.69. The van der Waals surface area contributed by atoms with Crippen LogP contribution in [0.1, 0.15) is 37.3 Å². The van der Waals surface area contributed by atoms with Crippen LogP contribution in [0.2, 0.25) is 0 Å². The fourth-order valence-corrected chi connectivity index (χ4v) is 4.32. The fraction of sp³-hybridized carbons (Fsp3) is 0.571. The number of piperidine rings is 1. The Morgan fingerprint density at radius 2 is 1.90 bits per heavy atom. The zero-order chi connectivity index (χ0) is 14.0. The minimum atomic E-state index is -3.40. The van der Waals surface area contributed by atoms with Crippen molar-refractivity contribution in [3.05, 3.63) is 29.8 Å². The Morgan fingerprint density at radius 3 is 2.70 bits per heavy atom. The zero-order valence-corrected chi connectivity index (χ0v) is 12.2. The van der Waals surface area contributed by atoms with Crippen LogP contribution in [0.15, 0.2) is 24.3 Å². The Labute approximate surface area is 120 Å². The Morgan fingerprint density at radius 1 is 1.15 bits per heavy atom. The van der Waals surface area contributed by atoms with Gasteiger partial charge in [0.25, 0.3) is 10.2 Å². The predicted molar refractivity (Wildman–Crippen MR) is 76.8 cm³/mol. The molecule has 3 rings (SSSR count). The first-order valence-electron chi connectivity index (χ1n) is 7.16. The van der Waals surface area contributed by atoms with E-state index in [1.165, 1.54) is 0 Å². The molecule has 0 saturated carbocycles. The Kier molecular flexibility index (Phi) is 3.96. The van der Waals surface area contributed by atoms with Crippen molar-refractivity contribution in [3.63, 3.8) is 0 Å². The standard InChI is InChI=1S/C14H20N2O3S/c17-20(18,16-9-4-1-5-10-16)15-13-8-11-19-14-7-3-2-6-12(13)14/h2-3,6-7,13,15H,1,4-5,8-11H2/t13-/m1/s1. The second-order valence-electron chi connectivity index (χ2n) is 5.31. The maximum absolute atomic E-state index is 12.4. The van der Waals surface area contributed by atoms with Crippen LogP contribution < -0.4 is 9.46 Å². The molecule has 0 aliphatic carbocycles. The van der Waals surface area contributed by atoms with E-state index >= 15 is 0 Å². The second kappa shape index (κ2) is 5.71. The van der Waals surface area contributed by atoms with Crippen LogP contribution in [0.4, 0.5) is 0 Å². The first-order chi connectivity index (χ1) is 9.67. The lowest BCUT2D eigenvalue weighted by molar-refractivity contribution is 0.259. The van der Waals surface area contributed by atoms with Crippen molar-refractivity contribution in [3.8, 4) is 5.75 Å². The summed E-state index contributed by atoms with van der Waals surface area (Å²) < 4.78 is 34.8. The Bertz CT molecular complexity index is 568. The normalized spacial score (nSPS) is 23.9. The van der Waals surface area contributed by atoms with Gasteiger partial charge in [0.15, 0.2) is 0 Å². The number of hydrogen-bond donors (Lipinski definition) is 1. The van der Waals surface area contributed by atoms with E-state index in [1.54, 1.807) is 4.31 Å². The van der Waals surface area contributed by atoms with Crippen molar-refractivity contribution in [1.29, 1.82) is 0 Å². The maximum atomic E-state index is 12.4.